The second kappa shape index (κ2) is 6.01. The van der Waals surface area contributed by atoms with Crippen LogP contribution in [0, 0.1) is 0 Å². The number of hydrogen-bond donors (Lipinski definition) is 1. The molecular weight excluding hydrogens is 354 g/mol. The molecule has 1 aliphatic rings. The molecular formula is C17H17N5O5. The standard InChI is InChI=1S/C17H17N5O5/c1-19-14-13(15(25)20(2)17(19)26)22-8-7-21(16(22)18-14)10-3-5-11(6-4-10)27-9-12(23)24/h3-6H,7-9H2,1-2H3,(H,23,24). The zero-order valence-electron chi connectivity index (χ0n) is 14.7. The minimum atomic E-state index is -1.04. The maximum atomic E-state index is 12.5. The minimum absolute atomic E-state index is 0.351. The number of hydrogen-bond acceptors (Lipinski definition) is 6. The fraction of sp³-hybridized carbons (Fsp3) is 0.294. The van der Waals surface area contributed by atoms with E-state index >= 15 is 0 Å². The maximum Gasteiger partial charge on any atom is 0.341 e. The summed E-state index contributed by atoms with van der Waals surface area (Å²) < 4.78 is 9.39. The van der Waals surface area contributed by atoms with Gasteiger partial charge in [-0.25, -0.2) is 9.59 Å². The number of aromatic nitrogens is 4. The van der Waals surface area contributed by atoms with Crippen LogP contribution >= 0.6 is 0 Å². The first-order valence-corrected chi connectivity index (χ1v) is 8.27. The summed E-state index contributed by atoms with van der Waals surface area (Å²) in [5, 5.41) is 8.67. The molecule has 3 heterocycles. The predicted octanol–water partition coefficient (Wildman–Crippen LogP) is 0.0488. The molecule has 4 rings (SSSR count). The van der Waals surface area contributed by atoms with Gasteiger partial charge in [0.2, 0.25) is 5.95 Å². The van der Waals surface area contributed by atoms with Gasteiger partial charge in [-0.1, -0.05) is 0 Å². The van der Waals surface area contributed by atoms with E-state index in [1.54, 1.807) is 31.3 Å². The minimum Gasteiger partial charge on any atom is -0.482 e. The summed E-state index contributed by atoms with van der Waals surface area (Å²) in [4.78, 5) is 41.7. The number of carbonyl (C=O) groups is 1. The van der Waals surface area contributed by atoms with Gasteiger partial charge in [-0.2, -0.15) is 4.98 Å². The van der Waals surface area contributed by atoms with E-state index in [4.69, 9.17) is 9.84 Å². The molecule has 27 heavy (non-hydrogen) atoms. The van der Waals surface area contributed by atoms with Gasteiger partial charge in [0.05, 0.1) is 0 Å². The molecule has 3 aromatic rings. The largest absolute Gasteiger partial charge is 0.482 e. The zero-order chi connectivity index (χ0) is 19.3. The number of imidazole rings is 1. The third-order valence-corrected chi connectivity index (χ3v) is 4.63. The zero-order valence-corrected chi connectivity index (χ0v) is 14.7. The molecule has 0 aliphatic carbocycles. The Balaban J connectivity index is 1.75. The summed E-state index contributed by atoms with van der Waals surface area (Å²) in [5.41, 5.74) is 0.790. The first-order chi connectivity index (χ1) is 12.9. The molecule has 140 valence electrons. The number of ether oxygens (including phenoxy) is 1. The van der Waals surface area contributed by atoms with Gasteiger partial charge in [0, 0.05) is 32.9 Å². The second-order valence-corrected chi connectivity index (χ2v) is 6.27. The summed E-state index contributed by atoms with van der Waals surface area (Å²) in [6.07, 6.45) is 0. The third-order valence-electron chi connectivity index (χ3n) is 4.63. The van der Waals surface area contributed by atoms with Crippen LogP contribution < -0.4 is 20.9 Å². The molecule has 0 bridgehead atoms. The van der Waals surface area contributed by atoms with E-state index in [1.165, 1.54) is 11.6 Å². The summed E-state index contributed by atoms with van der Waals surface area (Å²) in [5.74, 6) is -0.00727. The van der Waals surface area contributed by atoms with E-state index < -0.39 is 18.3 Å². The molecule has 10 nitrogen and oxygen atoms in total. The van der Waals surface area contributed by atoms with E-state index in [0.717, 1.165) is 10.3 Å². The van der Waals surface area contributed by atoms with Crippen molar-refractivity contribution >= 4 is 28.8 Å². The molecule has 1 aliphatic heterocycles. The highest BCUT2D eigenvalue weighted by atomic mass is 16.5. The van der Waals surface area contributed by atoms with E-state index in [2.05, 4.69) is 4.98 Å². The molecule has 1 N–H and O–H groups in total. The Morgan fingerprint density at radius 1 is 1.15 bits per heavy atom. The Kier molecular flexibility index (Phi) is 3.76. The Morgan fingerprint density at radius 3 is 2.52 bits per heavy atom. The van der Waals surface area contributed by atoms with Crippen molar-refractivity contribution in [3.05, 3.63) is 45.1 Å². The second-order valence-electron chi connectivity index (χ2n) is 6.27. The molecule has 10 heteroatoms. The molecule has 0 saturated carbocycles. The lowest BCUT2D eigenvalue weighted by atomic mass is 10.3. The monoisotopic (exact) mass is 371 g/mol. The molecule has 0 atom stereocenters. The summed E-state index contributed by atoms with van der Waals surface area (Å²) >= 11 is 0. The number of carboxylic acids is 1. The first-order valence-electron chi connectivity index (χ1n) is 8.27. The number of aryl methyl sites for hydroxylation is 1. The smallest absolute Gasteiger partial charge is 0.341 e. The topological polar surface area (TPSA) is 112 Å². The maximum absolute atomic E-state index is 12.5. The van der Waals surface area contributed by atoms with Crippen LogP contribution in [0.15, 0.2) is 33.9 Å². The van der Waals surface area contributed by atoms with E-state index in [-0.39, 0.29) is 5.56 Å². The average molecular weight is 371 g/mol. The molecule has 0 spiro atoms. The highest BCUT2D eigenvalue weighted by Gasteiger charge is 2.28. The van der Waals surface area contributed by atoms with Crippen molar-refractivity contribution in [2.24, 2.45) is 14.1 Å². The van der Waals surface area contributed by atoms with Crippen LogP contribution in [0.2, 0.25) is 0 Å². The van der Waals surface area contributed by atoms with Crippen molar-refractivity contribution in [2.45, 2.75) is 6.54 Å². The number of carboxylic acid groups (broad SMARTS) is 1. The summed E-state index contributed by atoms with van der Waals surface area (Å²) in [6, 6.07) is 6.95. The van der Waals surface area contributed by atoms with Gasteiger partial charge in [0.25, 0.3) is 5.56 Å². The number of rotatable bonds is 4. The van der Waals surface area contributed by atoms with Crippen molar-refractivity contribution in [1.82, 2.24) is 18.7 Å². The van der Waals surface area contributed by atoms with Gasteiger partial charge in [-0.3, -0.25) is 13.9 Å². The number of anilines is 2. The fourth-order valence-electron chi connectivity index (χ4n) is 3.26. The van der Waals surface area contributed by atoms with Crippen LogP contribution in [0.5, 0.6) is 5.75 Å². The number of fused-ring (bicyclic) bond motifs is 3. The van der Waals surface area contributed by atoms with Crippen LogP contribution in [-0.2, 0) is 25.4 Å². The SMILES string of the molecule is Cn1c(=O)c2c(nc3n2CCN3c2ccc(OCC(=O)O)cc2)n(C)c1=O. The van der Waals surface area contributed by atoms with Gasteiger partial charge in [-0.05, 0) is 24.3 Å². The van der Waals surface area contributed by atoms with E-state index in [9.17, 15) is 14.4 Å². The quantitative estimate of drug-likeness (QED) is 0.690. The fourth-order valence-corrected chi connectivity index (χ4v) is 3.26. The molecule has 0 amide bonds. The molecule has 0 radical (unpaired) electrons. The van der Waals surface area contributed by atoms with Crippen LogP contribution in [-0.4, -0.2) is 42.9 Å². The predicted molar refractivity (Wildman–Crippen MR) is 96.8 cm³/mol. The average Bonchev–Trinajstić information content (AvgIpc) is 3.22. The first kappa shape index (κ1) is 16.9. The van der Waals surface area contributed by atoms with Gasteiger partial charge in [0.15, 0.2) is 17.8 Å². The van der Waals surface area contributed by atoms with Crippen molar-refractivity contribution in [3.63, 3.8) is 0 Å². The lowest BCUT2D eigenvalue weighted by Crippen LogP contribution is -2.37. The highest BCUT2D eigenvalue weighted by molar-refractivity contribution is 5.77. The van der Waals surface area contributed by atoms with E-state index in [0.29, 0.717) is 36.0 Å². The Bertz CT molecular complexity index is 1170. The van der Waals surface area contributed by atoms with Crippen molar-refractivity contribution < 1.29 is 14.6 Å². The Hall–Kier alpha value is -3.56. The third kappa shape index (κ3) is 2.57. The van der Waals surface area contributed by atoms with Gasteiger partial charge in [0.1, 0.15) is 5.75 Å². The Labute approximate surface area is 152 Å². The molecule has 0 unspecified atom stereocenters. The molecule has 0 fully saturated rings. The number of nitrogens with zero attached hydrogens (tertiary/aromatic N) is 5. The number of aliphatic carboxylic acids is 1. The Morgan fingerprint density at radius 2 is 1.85 bits per heavy atom. The molecule has 2 aromatic heterocycles. The number of benzene rings is 1. The van der Waals surface area contributed by atoms with Crippen LogP contribution in [0.1, 0.15) is 0 Å². The normalized spacial score (nSPS) is 13.2. The van der Waals surface area contributed by atoms with Crippen LogP contribution in [0.4, 0.5) is 11.6 Å². The highest BCUT2D eigenvalue weighted by Crippen LogP contribution is 2.32. The molecule has 0 saturated heterocycles. The van der Waals surface area contributed by atoms with Crippen LogP contribution in [0.25, 0.3) is 11.2 Å². The summed E-state index contributed by atoms with van der Waals surface area (Å²) in [6.45, 7) is 0.784. The van der Waals surface area contributed by atoms with Crippen molar-refractivity contribution in [2.75, 3.05) is 18.1 Å². The van der Waals surface area contributed by atoms with Gasteiger partial charge in [-0.15, -0.1) is 0 Å². The van der Waals surface area contributed by atoms with Crippen molar-refractivity contribution in [3.8, 4) is 5.75 Å². The van der Waals surface area contributed by atoms with E-state index in [1.807, 2.05) is 9.47 Å². The van der Waals surface area contributed by atoms with Gasteiger partial charge < -0.3 is 19.3 Å². The molecule has 1 aromatic carbocycles. The van der Waals surface area contributed by atoms with Crippen LogP contribution in [0.3, 0.4) is 0 Å². The van der Waals surface area contributed by atoms with Gasteiger partial charge >= 0.3 is 11.7 Å². The lowest BCUT2D eigenvalue weighted by molar-refractivity contribution is -0.139. The summed E-state index contributed by atoms with van der Waals surface area (Å²) in [7, 11) is 3.04. The van der Waals surface area contributed by atoms with Crippen molar-refractivity contribution in [1.29, 1.82) is 0 Å². The lowest BCUT2D eigenvalue weighted by Gasteiger charge is -2.16.